The smallest absolute Gasteiger partial charge is 0.164 e. The Morgan fingerprint density at radius 2 is 1.36 bits per heavy atom. The molecule has 4 heteroatoms. The van der Waals surface area contributed by atoms with Crippen LogP contribution in [0.2, 0.25) is 0 Å². The molecule has 3 aromatic rings. The Morgan fingerprint density at radius 3 is 1.94 bits per heavy atom. The van der Waals surface area contributed by atoms with Gasteiger partial charge in [-0.2, -0.15) is 0 Å². The molecular weight excluding hydrogens is 428 g/mol. The Kier molecular flexibility index (Phi) is 8.25. The summed E-state index contributed by atoms with van der Waals surface area (Å²) in [7, 11) is 3.28. The zero-order valence-corrected chi connectivity index (χ0v) is 21.6. The number of rotatable bonds is 9. The second kappa shape index (κ2) is 10.9. The largest absolute Gasteiger partial charge is 0.493 e. The molecule has 3 nitrogen and oxygen atoms in total. The molecule has 1 unspecified atom stereocenters. The normalized spacial score (nSPS) is 11.8. The Hall–Kier alpha value is -2.72. The molecule has 0 aliphatic rings. The SMILES string of the molecule is COc1ccc(C(CC(=O)c2ccccc2)SCc2c(C)c(C)c(C)c(C)c2C)cc1OC. The van der Waals surface area contributed by atoms with E-state index in [9.17, 15) is 4.79 Å². The third-order valence-corrected chi connectivity index (χ3v) is 8.13. The molecule has 1 atom stereocenters. The summed E-state index contributed by atoms with van der Waals surface area (Å²) in [6, 6.07) is 15.5. The van der Waals surface area contributed by atoms with Crippen molar-refractivity contribution in [1.29, 1.82) is 0 Å². The maximum absolute atomic E-state index is 13.1. The van der Waals surface area contributed by atoms with Crippen molar-refractivity contribution >= 4 is 17.5 Å². The molecule has 0 bridgehead atoms. The van der Waals surface area contributed by atoms with E-state index in [-0.39, 0.29) is 11.0 Å². The van der Waals surface area contributed by atoms with Crippen LogP contribution in [0, 0.1) is 34.6 Å². The van der Waals surface area contributed by atoms with Crippen LogP contribution in [0.3, 0.4) is 0 Å². The zero-order valence-electron chi connectivity index (χ0n) is 20.7. The number of carbonyl (C=O) groups is 1. The van der Waals surface area contributed by atoms with Crippen molar-refractivity contribution in [3.63, 3.8) is 0 Å². The molecule has 0 amide bonds. The summed E-state index contributed by atoms with van der Waals surface area (Å²) in [5, 5.41) is -0.00164. The number of ether oxygens (including phenoxy) is 2. The molecule has 0 radical (unpaired) electrons. The highest BCUT2D eigenvalue weighted by Crippen LogP contribution is 2.41. The van der Waals surface area contributed by atoms with E-state index in [4.69, 9.17) is 9.47 Å². The van der Waals surface area contributed by atoms with Gasteiger partial charge in [0.05, 0.1) is 14.2 Å². The number of carbonyl (C=O) groups excluding carboxylic acids is 1. The average Bonchev–Trinajstić information content (AvgIpc) is 2.85. The molecule has 0 fully saturated rings. The molecule has 0 N–H and O–H groups in total. The number of hydrogen-bond acceptors (Lipinski definition) is 4. The number of thioether (sulfide) groups is 1. The number of hydrogen-bond donors (Lipinski definition) is 0. The van der Waals surface area contributed by atoms with Gasteiger partial charge in [-0.05, 0) is 85.7 Å². The van der Waals surface area contributed by atoms with Gasteiger partial charge in [0, 0.05) is 23.0 Å². The minimum absolute atomic E-state index is 0.00164. The molecule has 0 aliphatic carbocycles. The highest BCUT2D eigenvalue weighted by molar-refractivity contribution is 7.98. The maximum Gasteiger partial charge on any atom is 0.164 e. The van der Waals surface area contributed by atoms with Crippen molar-refractivity contribution in [3.05, 3.63) is 93.0 Å². The van der Waals surface area contributed by atoms with Crippen molar-refractivity contribution in [2.75, 3.05) is 14.2 Å². The van der Waals surface area contributed by atoms with Crippen LogP contribution in [-0.2, 0) is 5.75 Å². The van der Waals surface area contributed by atoms with Crippen LogP contribution in [0.5, 0.6) is 11.5 Å². The van der Waals surface area contributed by atoms with E-state index in [0.29, 0.717) is 17.9 Å². The predicted octanol–water partition coefficient (Wildman–Crippen LogP) is 7.49. The Bertz CT molecular complexity index is 1110. The monoisotopic (exact) mass is 462 g/mol. The first kappa shape index (κ1) is 24.9. The third-order valence-electron chi connectivity index (χ3n) is 6.83. The van der Waals surface area contributed by atoms with Gasteiger partial charge in [0.2, 0.25) is 0 Å². The summed E-state index contributed by atoms with van der Waals surface area (Å²) in [5.41, 5.74) is 9.98. The van der Waals surface area contributed by atoms with Gasteiger partial charge >= 0.3 is 0 Å². The Labute approximate surface area is 202 Å². The van der Waals surface area contributed by atoms with Gasteiger partial charge < -0.3 is 9.47 Å². The van der Waals surface area contributed by atoms with E-state index in [1.807, 2.05) is 60.3 Å². The molecule has 0 aliphatic heterocycles. The topological polar surface area (TPSA) is 35.5 Å². The van der Waals surface area contributed by atoms with Gasteiger partial charge in [-0.3, -0.25) is 4.79 Å². The van der Waals surface area contributed by atoms with Crippen LogP contribution < -0.4 is 9.47 Å². The van der Waals surface area contributed by atoms with Gasteiger partial charge in [-0.25, -0.2) is 0 Å². The molecule has 0 saturated heterocycles. The summed E-state index contributed by atoms with van der Waals surface area (Å²) in [6.45, 7) is 11.0. The molecule has 33 heavy (non-hydrogen) atoms. The second-order valence-electron chi connectivity index (χ2n) is 8.51. The first-order valence-corrected chi connectivity index (χ1v) is 12.3. The van der Waals surface area contributed by atoms with Crippen molar-refractivity contribution in [2.24, 2.45) is 0 Å². The molecule has 174 valence electrons. The highest BCUT2D eigenvalue weighted by atomic mass is 32.2. The lowest BCUT2D eigenvalue weighted by Crippen LogP contribution is -2.08. The van der Waals surface area contributed by atoms with Gasteiger partial charge in [-0.1, -0.05) is 36.4 Å². The standard InChI is InChI=1S/C29H34O3S/c1-18-19(2)21(4)25(22(5)20(18)3)17-33-29(16-26(30)23-11-9-8-10-12-23)24-13-14-27(31-6)28(15-24)32-7/h8-15,29H,16-17H2,1-7H3. The zero-order chi connectivity index (χ0) is 24.1. The van der Waals surface area contributed by atoms with E-state index >= 15 is 0 Å². The maximum atomic E-state index is 13.1. The fourth-order valence-electron chi connectivity index (χ4n) is 4.21. The second-order valence-corrected chi connectivity index (χ2v) is 9.70. The summed E-state index contributed by atoms with van der Waals surface area (Å²) in [6.07, 6.45) is 0.423. The van der Waals surface area contributed by atoms with E-state index in [1.54, 1.807) is 14.2 Å². The predicted molar refractivity (Wildman–Crippen MR) is 139 cm³/mol. The molecule has 3 rings (SSSR count). The highest BCUT2D eigenvalue weighted by Gasteiger charge is 2.21. The summed E-state index contributed by atoms with van der Waals surface area (Å²) >= 11 is 1.82. The summed E-state index contributed by atoms with van der Waals surface area (Å²) in [4.78, 5) is 13.1. The number of benzene rings is 3. The van der Waals surface area contributed by atoms with Crippen LogP contribution in [0.4, 0.5) is 0 Å². The van der Waals surface area contributed by atoms with Gasteiger partial charge in [0.25, 0.3) is 0 Å². The molecular formula is C29H34O3S. The first-order chi connectivity index (χ1) is 15.8. The van der Waals surface area contributed by atoms with E-state index in [0.717, 1.165) is 16.9 Å². The average molecular weight is 463 g/mol. The minimum atomic E-state index is -0.00164. The molecule has 0 saturated carbocycles. The lowest BCUT2D eigenvalue weighted by molar-refractivity contribution is 0.0982. The fraction of sp³-hybridized carbons (Fsp3) is 0.345. The summed E-state index contributed by atoms with van der Waals surface area (Å²) in [5.74, 6) is 2.37. The molecule has 3 aromatic carbocycles. The minimum Gasteiger partial charge on any atom is -0.493 e. The van der Waals surface area contributed by atoms with E-state index < -0.39 is 0 Å². The lowest BCUT2D eigenvalue weighted by Gasteiger charge is -2.22. The molecule has 0 aromatic heterocycles. The number of ketones is 1. The van der Waals surface area contributed by atoms with Gasteiger partial charge in [0.15, 0.2) is 17.3 Å². The molecule has 0 heterocycles. The number of Topliss-reactive ketones (excluding diaryl/α,β-unsaturated/α-hetero) is 1. The fourth-order valence-corrected chi connectivity index (χ4v) is 5.62. The molecule has 0 spiro atoms. The van der Waals surface area contributed by atoms with E-state index in [2.05, 4.69) is 34.6 Å². The van der Waals surface area contributed by atoms with Gasteiger partial charge in [-0.15, -0.1) is 11.8 Å². The van der Waals surface area contributed by atoms with Crippen LogP contribution in [0.1, 0.15) is 61.0 Å². The first-order valence-electron chi connectivity index (χ1n) is 11.3. The van der Waals surface area contributed by atoms with E-state index in [1.165, 1.54) is 33.4 Å². The van der Waals surface area contributed by atoms with Crippen LogP contribution in [0.15, 0.2) is 48.5 Å². The van der Waals surface area contributed by atoms with Crippen molar-refractivity contribution in [2.45, 2.75) is 52.0 Å². The summed E-state index contributed by atoms with van der Waals surface area (Å²) < 4.78 is 11.0. The quantitative estimate of drug-likeness (QED) is 0.309. The lowest BCUT2D eigenvalue weighted by atomic mass is 9.90. The van der Waals surface area contributed by atoms with Crippen molar-refractivity contribution in [3.8, 4) is 11.5 Å². The third kappa shape index (κ3) is 5.44. The Morgan fingerprint density at radius 1 is 0.788 bits per heavy atom. The Balaban J connectivity index is 1.95. The van der Waals surface area contributed by atoms with Crippen LogP contribution in [0.25, 0.3) is 0 Å². The van der Waals surface area contributed by atoms with Crippen molar-refractivity contribution in [1.82, 2.24) is 0 Å². The van der Waals surface area contributed by atoms with Crippen LogP contribution >= 0.6 is 11.8 Å². The van der Waals surface area contributed by atoms with Crippen LogP contribution in [-0.4, -0.2) is 20.0 Å². The van der Waals surface area contributed by atoms with Gasteiger partial charge in [0.1, 0.15) is 0 Å². The number of methoxy groups -OCH3 is 2. The van der Waals surface area contributed by atoms with Crippen molar-refractivity contribution < 1.29 is 14.3 Å².